The molecule has 1 atom stereocenters. The number of esters is 1. The van der Waals surface area contributed by atoms with E-state index in [9.17, 15) is 19.5 Å². The molecular weight excluding hydrogens is 238 g/mol. The smallest absolute Gasteiger partial charge is 0.337 e. The molecule has 0 rings (SSSR count). The second-order valence-corrected chi connectivity index (χ2v) is 5.28. The molecule has 0 saturated carbocycles. The second kappa shape index (κ2) is 6.49. The Labute approximate surface area is 107 Å². The lowest BCUT2D eigenvalue weighted by atomic mass is 10.1. The number of Topliss-reactive ketones (excluding diaryl/α,β-unsaturated/α-hetero) is 1. The maximum absolute atomic E-state index is 11.4. The van der Waals surface area contributed by atoms with Crippen LogP contribution in [0.1, 0.15) is 34.6 Å². The van der Waals surface area contributed by atoms with Gasteiger partial charge in [0, 0.05) is 5.92 Å². The lowest BCUT2D eigenvalue weighted by molar-refractivity contribution is -0.164. The Morgan fingerprint density at radius 3 is 2.11 bits per heavy atom. The van der Waals surface area contributed by atoms with Crippen molar-refractivity contribution >= 4 is 17.7 Å². The molecule has 6 nitrogen and oxygen atoms in total. The molecule has 0 aromatic carbocycles. The van der Waals surface area contributed by atoms with Gasteiger partial charge in [0.15, 0.2) is 6.10 Å². The molecule has 18 heavy (non-hydrogen) atoms. The Hall–Kier alpha value is -1.43. The Bertz CT molecular complexity index is 330. The highest BCUT2D eigenvalue weighted by Gasteiger charge is 2.25. The minimum atomic E-state index is -1.48. The van der Waals surface area contributed by atoms with Gasteiger partial charge >= 0.3 is 5.97 Å². The third kappa shape index (κ3) is 6.34. The molecule has 0 heterocycles. The molecule has 1 unspecified atom stereocenters. The summed E-state index contributed by atoms with van der Waals surface area (Å²) in [6, 6.07) is 0. The number of rotatable bonds is 5. The summed E-state index contributed by atoms with van der Waals surface area (Å²) in [5, 5.41) is 11.6. The minimum Gasteiger partial charge on any atom is -0.458 e. The first-order valence-electron chi connectivity index (χ1n) is 5.77. The van der Waals surface area contributed by atoms with Crippen LogP contribution in [-0.4, -0.2) is 41.0 Å². The van der Waals surface area contributed by atoms with E-state index in [4.69, 9.17) is 4.74 Å². The van der Waals surface area contributed by atoms with Gasteiger partial charge in [0.1, 0.15) is 5.60 Å². The molecule has 0 aliphatic carbocycles. The van der Waals surface area contributed by atoms with Crippen LogP contribution < -0.4 is 5.32 Å². The highest BCUT2D eigenvalue weighted by molar-refractivity contribution is 6.36. The molecule has 0 fully saturated rings. The van der Waals surface area contributed by atoms with Crippen molar-refractivity contribution in [2.24, 2.45) is 5.92 Å². The molecule has 0 spiro atoms. The van der Waals surface area contributed by atoms with Crippen molar-refractivity contribution in [3.63, 3.8) is 0 Å². The van der Waals surface area contributed by atoms with Gasteiger partial charge in [-0.25, -0.2) is 4.79 Å². The lowest BCUT2D eigenvalue weighted by Crippen LogP contribution is -2.43. The molecule has 0 aliphatic rings. The van der Waals surface area contributed by atoms with Gasteiger partial charge in [-0.2, -0.15) is 0 Å². The maximum Gasteiger partial charge on any atom is 0.337 e. The SMILES string of the molecule is CC(C)C(=O)C(=O)NCC(O)C(=O)OC(C)(C)C. The normalized spacial score (nSPS) is 13.1. The average molecular weight is 259 g/mol. The van der Waals surface area contributed by atoms with Crippen LogP contribution >= 0.6 is 0 Å². The van der Waals surface area contributed by atoms with Crippen molar-refractivity contribution in [2.45, 2.75) is 46.3 Å². The van der Waals surface area contributed by atoms with Gasteiger partial charge in [0.2, 0.25) is 5.78 Å². The quantitative estimate of drug-likeness (QED) is 0.537. The van der Waals surface area contributed by atoms with Crippen LogP contribution in [0.5, 0.6) is 0 Å². The third-order valence-electron chi connectivity index (χ3n) is 1.88. The van der Waals surface area contributed by atoms with Crippen LogP contribution in [0, 0.1) is 5.92 Å². The molecule has 6 heteroatoms. The molecule has 0 aliphatic heterocycles. The monoisotopic (exact) mass is 259 g/mol. The Morgan fingerprint density at radius 1 is 1.22 bits per heavy atom. The summed E-state index contributed by atoms with van der Waals surface area (Å²) in [6.07, 6.45) is -1.48. The number of aliphatic hydroxyl groups is 1. The van der Waals surface area contributed by atoms with Crippen LogP contribution in [0.25, 0.3) is 0 Å². The van der Waals surface area contributed by atoms with E-state index in [1.165, 1.54) is 0 Å². The van der Waals surface area contributed by atoms with Crippen molar-refractivity contribution in [3.05, 3.63) is 0 Å². The topological polar surface area (TPSA) is 92.7 Å². The number of ether oxygens (including phenoxy) is 1. The van der Waals surface area contributed by atoms with Gasteiger partial charge in [-0.05, 0) is 20.8 Å². The molecule has 0 bridgehead atoms. The van der Waals surface area contributed by atoms with Crippen LogP contribution in [0.15, 0.2) is 0 Å². The summed E-state index contributed by atoms with van der Waals surface area (Å²) in [5.74, 6) is -2.66. The van der Waals surface area contributed by atoms with E-state index >= 15 is 0 Å². The Morgan fingerprint density at radius 2 is 1.72 bits per heavy atom. The first-order valence-corrected chi connectivity index (χ1v) is 5.77. The molecule has 2 N–H and O–H groups in total. The molecule has 1 amide bonds. The highest BCUT2D eigenvalue weighted by atomic mass is 16.6. The number of aliphatic hydroxyl groups excluding tert-OH is 1. The Kier molecular flexibility index (Phi) is 5.97. The minimum absolute atomic E-state index is 0.341. The fraction of sp³-hybridized carbons (Fsp3) is 0.750. The standard InChI is InChI=1S/C12H21NO5/c1-7(2)9(15)10(16)13-6-8(14)11(17)18-12(3,4)5/h7-8,14H,6H2,1-5H3,(H,13,16). The third-order valence-corrected chi connectivity index (χ3v) is 1.88. The average Bonchev–Trinajstić information content (AvgIpc) is 2.21. The largest absolute Gasteiger partial charge is 0.458 e. The second-order valence-electron chi connectivity index (χ2n) is 5.28. The van der Waals surface area contributed by atoms with Gasteiger partial charge < -0.3 is 15.2 Å². The van der Waals surface area contributed by atoms with Crippen molar-refractivity contribution < 1.29 is 24.2 Å². The van der Waals surface area contributed by atoms with Crippen LogP contribution in [0.2, 0.25) is 0 Å². The van der Waals surface area contributed by atoms with E-state index in [1.807, 2.05) is 0 Å². The zero-order valence-corrected chi connectivity index (χ0v) is 11.4. The zero-order chi connectivity index (χ0) is 14.5. The zero-order valence-electron chi connectivity index (χ0n) is 11.4. The van der Waals surface area contributed by atoms with E-state index in [0.29, 0.717) is 0 Å². The summed E-state index contributed by atoms with van der Waals surface area (Å²) >= 11 is 0. The van der Waals surface area contributed by atoms with Crippen molar-refractivity contribution in [1.82, 2.24) is 5.32 Å². The van der Waals surface area contributed by atoms with Gasteiger partial charge in [0.05, 0.1) is 6.54 Å². The van der Waals surface area contributed by atoms with Crippen molar-refractivity contribution in [1.29, 1.82) is 0 Å². The van der Waals surface area contributed by atoms with E-state index in [0.717, 1.165) is 0 Å². The van der Waals surface area contributed by atoms with Crippen LogP contribution in [0.4, 0.5) is 0 Å². The van der Waals surface area contributed by atoms with E-state index in [2.05, 4.69) is 5.32 Å². The van der Waals surface area contributed by atoms with Gasteiger partial charge in [-0.15, -0.1) is 0 Å². The lowest BCUT2D eigenvalue weighted by Gasteiger charge is -2.21. The van der Waals surface area contributed by atoms with Gasteiger partial charge in [0.25, 0.3) is 5.91 Å². The summed E-state index contributed by atoms with van der Waals surface area (Å²) in [4.78, 5) is 33.9. The summed E-state index contributed by atoms with van der Waals surface area (Å²) < 4.78 is 4.91. The summed E-state index contributed by atoms with van der Waals surface area (Å²) in [7, 11) is 0. The molecule has 0 saturated heterocycles. The molecule has 0 aromatic heterocycles. The van der Waals surface area contributed by atoms with Gasteiger partial charge in [-0.1, -0.05) is 13.8 Å². The van der Waals surface area contributed by atoms with Crippen LogP contribution in [-0.2, 0) is 19.1 Å². The molecule has 0 radical (unpaired) electrons. The maximum atomic E-state index is 11.4. The predicted molar refractivity (Wildman–Crippen MR) is 64.7 cm³/mol. The first-order chi connectivity index (χ1) is 8.04. The number of carbonyl (C=O) groups excluding carboxylic acids is 3. The summed E-state index contributed by atoms with van der Waals surface area (Å²) in [5.41, 5.74) is -0.712. The van der Waals surface area contributed by atoms with Gasteiger partial charge in [-0.3, -0.25) is 9.59 Å². The number of carbonyl (C=O) groups is 3. The number of hydrogen-bond acceptors (Lipinski definition) is 5. The number of hydrogen-bond donors (Lipinski definition) is 2. The Balaban J connectivity index is 4.19. The predicted octanol–water partition coefficient (Wildman–Crippen LogP) is 0.0303. The summed E-state index contributed by atoms with van der Waals surface area (Å²) in [6.45, 7) is 7.83. The fourth-order valence-electron chi connectivity index (χ4n) is 0.992. The molecule has 0 aromatic rings. The first kappa shape index (κ1) is 16.6. The number of nitrogens with one attached hydrogen (secondary N) is 1. The number of amides is 1. The van der Waals surface area contributed by atoms with Crippen molar-refractivity contribution in [3.8, 4) is 0 Å². The number of ketones is 1. The van der Waals surface area contributed by atoms with E-state index < -0.39 is 35.3 Å². The molecular formula is C12H21NO5. The van der Waals surface area contributed by atoms with E-state index in [1.54, 1.807) is 34.6 Å². The highest BCUT2D eigenvalue weighted by Crippen LogP contribution is 2.08. The van der Waals surface area contributed by atoms with Crippen LogP contribution in [0.3, 0.4) is 0 Å². The van der Waals surface area contributed by atoms with E-state index in [-0.39, 0.29) is 6.54 Å². The fourth-order valence-corrected chi connectivity index (χ4v) is 0.992. The van der Waals surface area contributed by atoms with Crippen molar-refractivity contribution in [2.75, 3.05) is 6.54 Å². The molecule has 104 valence electrons.